The number of imide groups is 1. The number of nitrogens with zero attached hydrogens (tertiary/aromatic N) is 3. The Morgan fingerprint density at radius 1 is 1.06 bits per heavy atom. The Morgan fingerprint density at radius 2 is 1.73 bits per heavy atom. The number of hydrogen-bond donors (Lipinski definition) is 0. The van der Waals surface area contributed by atoms with E-state index in [1.54, 1.807) is 6.92 Å². The first-order valence-corrected chi connectivity index (χ1v) is 11.0. The maximum absolute atomic E-state index is 13.2. The van der Waals surface area contributed by atoms with Crippen molar-refractivity contribution in [3.05, 3.63) is 75.5 Å². The zero-order valence-corrected chi connectivity index (χ0v) is 18.7. The number of amides is 2. The molecule has 0 N–H and O–H groups in total. The van der Waals surface area contributed by atoms with Gasteiger partial charge >= 0.3 is 5.97 Å². The number of Topliss-reactive ketones (excluding diaryl/α,β-unsaturated/α-hetero) is 1. The van der Waals surface area contributed by atoms with Gasteiger partial charge in [-0.05, 0) is 49.4 Å². The predicted molar refractivity (Wildman–Crippen MR) is 117 cm³/mol. The number of ketones is 1. The fourth-order valence-corrected chi connectivity index (χ4v) is 4.14. The summed E-state index contributed by atoms with van der Waals surface area (Å²) in [6.07, 6.45) is -1.16. The van der Waals surface area contributed by atoms with Crippen LogP contribution >= 0.6 is 22.9 Å². The Kier molecular flexibility index (Phi) is 6.30. The van der Waals surface area contributed by atoms with Gasteiger partial charge in [-0.3, -0.25) is 14.4 Å². The molecule has 1 atom stereocenters. The van der Waals surface area contributed by atoms with Crippen LogP contribution in [0.5, 0.6) is 0 Å². The molecule has 8 nitrogen and oxygen atoms in total. The summed E-state index contributed by atoms with van der Waals surface area (Å²) in [7, 11) is 0. The normalized spacial score (nSPS) is 13.7. The molecule has 2 amide bonds. The van der Waals surface area contributed by atoms with Gasteiger partial charge in [0.25, 0.3) is 11.8 Å². The lowest BCUT2D eigenvalue weighted by Gasteiger charge is -2.16. The van der Waals surface area contributed by atoms with Gasteiger partial charge < -0.3 is 4.74 Å². The van der Waals surface area contributed by atoms with Crippen LogP contribution in [0, 0.1) is 12.7 Å². The fraction of sp³-hybridized carbons (Fsp3) is 0.182. The molecule has 1 aliphatic heterocycles. The third kappa shape index (κ3) is 4.39. The maximum Gasteiger partial charge on any atom is 0.338 e. The van der Waals surface area contributed by atoms with Gasteiger partial charge in [-0.15, -0.1) is 21.8 Å². The molecule has 0 saturated heterocycles. The second kappa shape index (κ2) is 9.16. The Hall–Kier alpha value is -3.50. The van der Waals surface area contributed by atoms with Crippen molar-refractivity contribution in [3.63, 3.8) is 0 Å². The van der Waals surface area contributed by atoms with E-state index in [4.69, 9.17) is 16.3 Å². The molecular formula is C22H15ClFN3O5S. The third-order valence-electron chi connectivity index (χ3n) is 4.87. The van der Waals surface area contributed by atoms with E-state index in [0.717, 1.165) is 28.4 Å². The minimum atomic E-state index is -1.20. The number of aryl methyl sites for hydroxylation is 1. The average molecular weight is 488 g/mol. The first kappa shape index (κ1) is 22.7. The first-order chi connectivity index (χ1) is 15.8. The molecule has 0 fully saturated rings. The van der Waals surface area contributed by atoms with Crippen LogP contribution in [0.15, 0.2) is 42.5 Å². The van der Waals surface area contributed by atoms with Crippen molar-refractivity contribution in [3.8, 4) is 0 Å². The van der Waals surface area contributed by atoms with Crippen molar-refractivity contribution in [2.45, 2.75) is 19.4 Å². The largest absolute Gasteiger partial charge is 0.450 e. The summed E-state index contributed by atoms with van der Waals surface area (Å²) in [4.78, 5) is 51.9. The van der Waals surface area contributed by atoms with Crippen molar-refractivity contribution < 1.29 is 28.3 Å². The van der Waals surface area contributed by atoms with Gasteiger partial charge in [-0.1, -0.05) is 11.3 Å². The molecule has 33 heavy (non-hydrogen) atoms. The number of aromatic nitrogens is 2. The number of esters is 1. The second-order valence-electron chi connectivity index (χ2n) is 7.05. The van der Waals surface area contributed by atoms with E-state index in [2.05, 4.69) is 10.2 Å². The van der Waals surface area contributed by atoms with Crippen LogP contribution in [-0.4, -0.2) is 45.7 Å². The summed E-state index contributed by atoms with van der Waals surface area (Å²) in [6.45, 7) is 1.69. The van der Waals surface area contributed by atoms with Gasteiger partial charge in [0.05, 0.1) is 16.7 Å². The van der Waals surface area contributed by atoms with E-state index < -0.39 is 35.5 Å². The first-order valence-electron chi connectivity index (χ1n) is 9.70. The van der Waals surface area contributed by atoms with Crippen LogP contribution in [0.2, 0.25) is 0 Å². The lowest BCUT2D eigenvalue weighted by Crippen LogP contribution is -2.29. The molecule has 0 aliphatic carbocycles. The van der Waals surface area contributed by atoms with Crippen LogP contribution in [0.4, 0.5) is 9.52 Å². The molecule has 0 spiro atoms. The second-order valence-corrected chi connectivity index (χ2v) is 8.59. The lowest BCUT2D eigenvalue weighted by molar-refractivity contribution is 0.0278. The topological polar surface area (TPSA) is 107 Å². The zero-order valence-electron chi connectivity index (χ0n) is 17.1. The Morgan fingerprint density at radius 3 is 2.36 bits per heavy atom. The quantitative estimate of drug-likeness (QED) is 0.216. The number of hydrogen-bond acceptors (Lipinski definition) is 8. The predicted octanol–water partition coefficient (Wildman–Crippen LogP) is 3.82. The molecule has 1 aromatic heterocycles. The highest BCUT2D eigenvalue weighted by Crippen LogP contribution is 2.31. The number of fused-ring (bicyclic) bond motifs is 1. The van der Waals surface area contributed by atoms with Crippen molar-refractivity contribution >= 4 is 51.6 Å². The molecule has 0 unspecified atom stereocenters. The van der Waals surface area contributed by atoms with Gasteiger partial charge in [0.2, 0.25) is 10.9 Å². The van der Waals surface area contributed by atoms with E-state index in [9.17, 15) is 23.6 Å². The number of rotatable bonds is 7. The van der Waals surface area contributed by atoms with Crippen LogP contribution < -0.4 is 4.90 Å². The summed E-state index contributed by atoms with van der Waals surface area (Å²) in [5, 5.41) is 8.38. The molecule has 0 saturated carbocycles. The average Bonchev–Trinajstić information content (AvgIpc) is 3.33. The SMILES string of the molecule is Cc1nnc(N2C(=O)c3ccc(C(=O)O[C@H](CCCl)C(=O)c4ccc(F)cc4)cc3C2=O)s1. The number of carbonyl (C=O) groups excluding carboxylic acids is 4. The van der Waals surface area contributed by atoms with Crippen molar-refractivity contribution in [1.29, 1.82) is 0 Å². The summed E-state index contributed by atoms with van der Waals surface area (Å²) < 4.78 is 18.5. The van der Waals surface area contributed by atoms with Crippen molar-refractivity contribution in [2.75, 3.05) is 10.8 Å². The summed E-state index contributed by atoms with van der Waals surface area (Å²) in [5.41, 5.74) is 0.277. The summed E-state index contributed by atoms with van der Waals surface area (Å²) in [5.74, 6) is -3.08. The minimum Gasteiger partial charge on any atom is -0.450 e. The molecule has 11 heteroatoms. The van der Waals surface area contributed by atoms with E-state index in [-0.39, 0.29) is 39.7 Å². The highest BCUT2D eigenvalue weighted by Gasteiger charge is 2.39. The fourth-order valence-electron chi connectivity index (χ4n) is 3.26. The minimum absolute atomic E-state index is 0.0149. The number of anilines is 1. The molecule has 2 heterocycles. The molecule has 0 bridgehead atoms. The Labute approximate surface area is 195 Å². The van der Waals surface area contributed by atoms with E-state index in [1.165, 1.54) is 30.3 Å². The molecule has 168 valence electrons. The van der Waals surface area contributed by atoms with Crippen molar-refractivity contribution in [1.82, 2.24) is 10.2 Å². The Bertz CT molecular complexity index is 1280. The molecule has 3 aromatic rings. The standard InChI is InChI=1S/C22H15ClFN3O5S/c1-11-25-26-22(33-11)27-19(29)15-7-4-13(10-16(15)20(27)30)21(31)32-17(8-9-23)18(28)12-2-5-14(24)6-3-12/h2-7,10,17H,8-9H2,1H3/t17-/m1/s1. The van der Waals surface area contributed by atoms with Crippen LogP contribution in [0.25, 0.3) is 0 Å². The number of ether oxygens (including phenoxy) is 1. The van der Waals surface area contributed by atoms with Crippen LogP contribution in [-0.2, 0) is 4.74 Å². The number of halogens is 2. The monoisotopic (exact) mass is 487 g/mol. The third-order valence-corrected chi connectivity index (χ3v) is 5.91. The van der Waals surface area contributed by atoms with Crippen LogP contribution in [0.1, 0.15) is 52.9 Å². The highest BCUT2D eigenvalue weighted by molar-refractivity contribution is 7.15. The molecule has 2 aromatic carbocycles. The Balaban J connectivity index is 1.56. The lowest BCUT2D eigenvalue weighted by atomic mass is 10.0. The van der Waals surface area contributed by atoms with Gasteiger partial charge in [0.1, 0.15) is 10.8 Å². The maximum atomic E-state index is 13.2. The summed E-state index contributed by atoms with van der Waals surface area (Å²) >= 11 is 6.86. The highest BCUT2D eigenvalue weighted by atomic mass is 35.5. The molecule has 0 radical (unpaired) electrons. The number of benzene rings is 2. The molecular weight excluding hydrogens is 473 g/mol. The van der Waals surface area contributed by atoms with Gasteiger partial charge in [-0.25, -0.2) is 14.1 Å². The van der Waals surface area contributed by atoms with E-state index in [0.29, 0.717) is 5.01 Å². The van der Waals surface area contributed by atoms with E-state index >= 15 is 0 Å². The van der Waals surface area contributed by atoms with Gasteiger partial charge in [-0.2, -0.15) is 0 Å². The smallest absolute Gasteiger partial charge is 0.338 e. The summed E-state index contributed by atoms with van der Waals surface area (Å²) in [6, 6.07) is 8.75. The van der Waals surface area contributed by atoms with Gasteiger partial charge in [0.15, 0.2) is 6.10 Å². The van der Waals surface area contributed by atoms with Crippen molar-refractivity contribution in [2.24, 2.45) is 0 Å². The number of alkyl halides is 1. The molecule has 1 aliphatic rings. The number of carbonyl (C=O) groups is 4. The zero-order chi connectivity index (χ0) is 23.7. The van der Waals surface area contributed by atoms with Gasteiger partial charge in [0, 0.05) is 17.9 Å². The van der Waals surface area contributed by atoms with Crippen LogP contribution in [0.3, 0.4) is 0 Å². The molecule has 4 rings (SSSR count). The van der Waals surface area contributed by atoms with E-state index in [1.807, 2.05) is 0 Å².